The van der Waals surface area contributed by atoms with E-state index in [9.17, 15) is 4.79 Å². The number of carbonyl (C=O) groups is 1. The molecule has 130 valence electrons. The molecule has 0 radical (unpaired) electrons. The molecule has 2 aliphatic heterocycles. The standard InChI is InChI=1S/C22H21N3O/c1-16-10-12-18(13-11-16)21-23-14-5-15-24(23)22(26)25(21)20-9-4-7-17-6-2-3-8-19(17)20/h2-4,6-13,21H,5,14-15H2,1H3/t21-/m1/s1. The molecule has 0 aliphatic carbocycles. The minimum absolute atomic E-state index is 0.0735. The van der Waals surface area contributed by atoms with Crippen LogP contribution < -0.4 is 4.90 Å². The van der Waals surface area contributed by atoms with Gasteiger partial charge in [-0.05, 0) is 30.4 Å². The van der Waals surface area contributed by atoms with Crippen molar-refractivity contribution in [2.75, 3.05) is 18.0 Å². The number of carbonyl (C=O) groups excluding carboxylic acids is 1. The van der Waals surface area contributed by atoms with Crippen LogP contribution in [-0.4, -0.2) is 29.1 Å². The molecule has 0 N–H and O–H groups in total. The van der Waals surface area contributed by atoms with Crippen LogP contribution in [0, 0.1) is 6.92 Å². The Bertz CT molecular complexity index is 977. The monoisotopic (exact) mass is 343 g/mol. The summed E-state index contributed by atoms with van der Waals surface area (Å²) in [4.78, 5) is 15.3. The van der Waals surface area contributed by atoms with E-state index >= 15 is 0 Å². The third-order valence-corrected chi connectivity index (χ3v) is 5.42. The van der Waals surface area contributed by atoms with Crippen molar-refractivity contribution >= 4 is 22.5 Å². The summed E-state index contributed by atoms with van der Waals surface area (Å²) in [5, 5.41) is 6.39. The van der Waals surface area contributed by atoms with Crippen molar-refractivity contribution in [3.63, 3.8) is 0 Å². The summed E-state index contributed by atoms with van der Waals surface area (Å²) >= 11 is 0. The molecule has 1 atom stereocenters. The van der Waals surface area contributed by atoms with Gasteiger partial charge in [0, 0.05) is 18.5 Å². The van der Waals surface area contributed by atoms with Crippen LogP contribution >= 0.6 is 0 Å². The molecule has 0 unspecified atom stereocenters. The van der Waals surface area contributed by atoms with Gasteiger partial charge >= 0.3 is 6.03 Å². The Kier molecular flexibility index (Phi) is 3.47. The van der Waals surface area contributed by atoms with Crippen LogP contribution in [0.15, 0.2) is 66.7 Å². The van der Waals surface area contributed by atoms with Gasteiger partial charge in [-0.15, -0.1) is 0 Å². The van der Waals surface area contributed by atoms with E-state index in [4.69, 9.17) is 0 Å². The summed E-state index contributed by atoms with van der Waals surface area (Å²) in [5.41, 5.74) is 3.36. The van der Waals surface area contributed by atoms with Crippen molar-refractivity contribution in [1.82, 2.24) is 10.0 Å². The number of hydrogen-bond donors (Lipinski definition) is 0. The number of amides is 2. The first kappa shape index (κ1) is 15.4. The maximum atomic E-state index is 13.3. The van der Waals surface area contributed by atoms with Crippen molar-refractivity contribution in [3.05, 3.63) is 77.9 Å². The minimum Gasteiger partial charge on any atom is -0.270 e. The Labute approximate surface area is 153 Å². The van der Waals surface area contributed by atoms with E-state index in [-0.39, 0.29) is 12.2 Å². The summed E-state index contributed by atoms with van der Waals surface area (Å²) in [6.07, 6.45) is 0.939. The maximum Gasteiger partial charge on any atom is 0.340 e. The quantitative estimate of drug-likeness (QED) is 0.674. The summed E-state index contributed by atoms with van der Waals surface area (Å²) in [6, 6.07) is 23.1. The number of benzene rings is 3. The fourth-order valence-corrected chi connectivity index (χ4v) is 4.17. The molecule has 2 aliphatic rings. The van der Waals surface area contributed by atoms with Crippen molar-refractivity contribution in [2.45, 2.75) is 19.5 Å². The maximum absolute atomic E-state index is 13.3. The highest BCUT2D eigenvalue weighted by atomic mass is 16.2. The summed E-state index contributed by atoms with van der Waals surface area (Å²) in [6.45, 7) is 3.79. The molecule has 3 aromatic carbocycles. The second-order valence-corrected chi connectivity index (χ2v) is 7.07. The van der Waals surface area contributed by atoms with E-state index in [0.717, 1.165) is 41.5 Å². The molecule has 2 saturated heterocycles. The summed E-state index contributed by atoms with van der Waals surface area (Å²) < 4.78 is 0. The molecule has 2 fully saturated rings. The van der Waals surface area contributed by atoms with Gasteiger partial charge in [0.25, 0.3) is 0 Å². The summed E-state index contributed by atoms with van der Waals surface area (Å²) in [5.74, 6) is 0. The van der Waals surface area contributed by atoms with Crippen molar-refractivity contribution in [3.8, 4) is 0 Å². The Morgan fingerprint density at radius 1 is 0.885 bits per heavy atom. The normalized spacial score (nSPS) is 20.2. The van der Waals surface area contributed by atoms with Crippen LogP contribution in [0.4, 0.5) is 10.5 Å². The van der Waals surface area contributed by atoms with E-state index in [1.165, 1.54) is 5.56 Å². The highest BCUT2D eigenvalue weighted by Crippen LogP contribution is 2.42. The predicted molar refractivity (Wildman–Crippen MR) is 104 cm³/mol. The van der Waals surface area contributed by atoms with Crippen LogP contribution in [0.3, 0.4) is 0 Å². The molecule has 0 saturated carbocycles. The van der Waals surface area contributed by atoms with E-state index in [0.29, 0.717) is 0 Å². The van der Waals surface area contributed by atoms with Crippen molar-refractivity contribution in [1.29, 1.82) is 0 Å². The zero-order chi connectivity index (χ0) is 17.7. The number of nitrogens with zero attached hydrogens (tertiary/aromatic N) is 3. The van der Waals surface area contributed by atoms with Crippen molar-refractivity contribution in [2.24, 2.45) is 0 Å². The topological polar surface area (TPSA) is 26.8 Å². The SMILES string of the molecule is Cc1ccc([C@H]2N(c3cccc4ccccc34)C(=O)N3CCCN23)cc1. The molecule has 26 heavy (non-hydrogen) atoms. The zero-order valence-electron chi connectivity index (χ0n) is 14.8. The molecule has 2 heterocycles. The lowest BCUT2D eigenvalue weighted by Gasteiger charge is -2.28. The second-order valence-electron chi connectivity index (χ2n) is 7.07. The van der Waals surface area contributed by atoms with E-state index in [2.05, 4.69) is 60.5 Å². The molecular formula is C22H21N3O. The Morgan fingerprint density at radius 2 is 1.65 bits per heavy atom. The minimum atomic E-state index is -0.0867. The summed E-state index contributed by atoms with van der Waals surface area (Å²) in [7, 11) is 0. The first-order valence-corrected chi connectivity index (χ1v) is 9.16. The fourth-order valence-electron chi connectivity index (χ4n) is 4.17. The van der Waals surface area contributed by atoms with Crippen molar-refractivity contribution < 1.29 is 4.79 Å². The van der Waals surface area contributed by atoms with E-state index in [1.54, 1.807) is 0 Å². The van der Waals surface area contributed by atoms with Gasteiger partial charge in [-0.2, -0.15) is 5.01 Å². The molecule has 4 nitrogen and oxygen atoms in total. The van der Waals surface area contributed by atoms with Gasteiger partial charge in [-0.1, -0.05) is 66.2 Å². The number of fused-ring (bicyclic) bond motifs is 2. The van der Waals surface area contributed by atoms with Gasteiger partial charge in [-0.3, -0.25) is 9.91 Å². The lowest BCUT2D eigenvalue weighted by atomic mass is 10.1. The molecule has 0 bridgehead atoms. The molecule has 2 amide bonds. The number of anilines is 1. The molecule has 5 rings (SSSR count). The third kappa shape index (κ3) is 2.22. The first-order valence-electron chi connectivity index (χ1n) is 9.16. The van der Waals surface area contributed by atoms with Crippen LogP contribution in [0.1, 0.15) is 23.7 Å². The molecule has 4 heteroatoms. The molecule has 0 aromatic heterocycles. The van der Waals surface area contributed by atoms with Crippen LogP contribution in [0.2, 0.25) is 0 Å². The number of aryl methyl sites for hydroxylation is 1. The number of hydrazine groups is 1. The molecular weight excluding hydrogens is 322 g/mol. The van der Waals surface area contributed by atoms with Crippen LogP contribution in [0.25, 0.3) is 10.8 Å². The van der Waals surface area contributed by atoms with E-state index < -0.39 is 0 Å². The first-order chi connectivity index (χ1) is 12.7. The van der Waals surface area contributed by atoms with Gasteiger partial charge in [0.2, 0.25) is 0 Å². The lowest BCUT2D eigenvalue weighted by Crippen LogP contribution is -2.32. The average Bonchev–Trinajstić information content (AvgIpc) is 3.24. The Balaban J connectivity index is 1.69. The number of rotatable bonds is 2. The van der Waals surface area contributed by atoms with Gasteiger partial charge in [-0.25, -0.2) is 4.79 Å². The van der Waals surface area contributed by atoms with Gasteiger partial charge in [0.15, 0.2) is 0 Å². The van der Waals surface area contributed by atoms with Crippen LogP contribution in [0.5, 0.6) is 0 Å². The molecule has 0 spiro atoms. The fraction of sp³-hybridized carbons (Fsp3) is 0.227. The Morgan fingerprint density at radius 3 is 2.50 bits per heavy atom. The highest BCUT2D eigenvalue weighted by molar-refractivity contribution is 6.04. The third-order valence-electron chi connectivity index (χ3n) is 5.42. The zero-order valence-corrected chi connectivity index (χ0v) is 14.8. The van der Waals surface area contributed by atoms with Crippen LogP contribution in [-0.2, 0) is 0 Å². The predicted octanol–water partition coefficient (Wildman–Crippen LogP) is 4.71. The smallest absolute Gasteiger partial charge is 0.270 e. The van der Waals surface area contributed by atoms with E-state index in [1.807, 2.05) is 28.1 Å². The second kappa shape index (κ2) is 5.85. The Hall–Kier alpha value is -2.85. The van der Waals surface area contributed by atoms with Gasteiger partial charge in [0.1, 0.15) is 6.17 Å². The number of hydrogen-bond acceptors (Lipinski definition) is 2. The van der Waals surface area contributed by atoms with Gasteiger partial charge in [0.05, 0.1) is 5.69 Å². The lowest BCUT2D eigenvalue weighted by molar-refractivity contribution is 0.0728. The average molecular weight is 343 g/mol. The highest BCUT2D eigenvalue weighted by Gasteiger charge is 2.48. The van der Waals surface area contributed by atoms with Gasteiger partial charge < -0.3 is 0 Å². The number of urea groups is 1. The largest absolute Gasteiger partial charge is 0.340 e. The molecule has 3 aromatic rings.